The van der Waals surface area contributed by atoms with Gasteiger partial charge in [0.15, 0.2) is 0 Å². The first kappa shape index (κ1) is 12.5. The van der Waals surface area contributed by atoms with Gasteiger partial charge in [0, 0.05) is 11.9 Å². The lowest BCUT2D eigenvalue weighted by atomic mass is 10.1. The fourth-order valence-electron chi connectivity index (χ4n) is 1.78. The Morgan fingerprint density at radius 3 is 2.56 bits per heavy atom. The number of benzene rings is 1. The predicted molar refractivity (Wildman–Crippen MR) is 61.6 cm³/mol. The van der Waals surface area contributed by atoms with Gasteiger partial charge >= 0.3 is 11.8 Å². The minimum atomic E-state index is -4.62. The molecule has 0 unspecified atom stereocenters. The molecule has 0 fully saturated rings. The second-order valence-electron chi connectivity index (χ2n) is 3.66. The molecule has 2 rings (SSSR count). The molecule has 0 atom stereocenters. The van der Waals surface area contributed by atoms with Gasteiger partial charge in [0.25, 0.3) is 0 Å². The van der Waals surface area contributed by atoms with E-state index in [-0.39, 0.29) is 17.5 Å². The number of rotatable bonds is 2. The van der Waals surface area contributed by atoms with Crippen LogP contribution in [0, 0.1) is 0 Å². The van der Waals surface area contributed by atoms with Crippen molar-refractivity contribution in [1.82, 2.24) is 0 Å². The third kappa shape index (κ3) is 2.05. The third-order valence-corrected chi connectivity index (χ3v) is 2.45. The summed E-state index contributed by atoms with van der Waals surface area (Å²) in [5.41, 5.74) is -2.60. The van der Waals surface area contributed by atoms with Crippen molar-refractivity contribution >= 4 is 16.7 Å². The monoisotopic (exact) mass is 257 g/mol. The molecule has 1 aromatic heterocycles. The first-order chi connectivity index (χ1) is 8.45. The number of nitrogens with one attached hydrogen (secondary N) is 1. The minimum Gasteiger partial charge on any atom is -0.421 e. The van der Waals surface area contributed by atoms with Crippen molar-refractivity contribution in [2.24, 2.45) is 0 Å². The van der Waals surface area contributed by atoms with Crippen molar-refractivity contribution in [3.63, 3.8) is 0 Å². The average Bonchev–Trinajstić information content (AvgIpc) is 2.28. The van der Waals surface area contributed by atoms with Gasteiger partial charge < -0.3 is 9.73 Å². The summed E-state index contributed by atoms with van der Waals surface area (Å²) in [6.07, 6.45) is -4.62. The highest BCUT2D eigenvalue weighted by Gasteiger charge is 2.37. The summed E-state index contributed by atoms with van der Waals surface area (Å²) < 4.78 is 44.0. The van der Waals surface area contributed by atoms with Crippen LogP contribution in [0.2, 0.25) is 0 Å². The van der Waals surface area contributed by atoms with E-state index >= 15 is 0 Å². The molecule has 0 saturated carbocycles. The summed E-state index contributed by atoms with van der Waals surface area (Å²) in [6.45, 7) is 1.81. The molecule has 6 heteroatoms. The number of hydrogen-bond donors (Lipinski definition) is 1. The molecule has 96 valence electrons. The molecule has 0 bridgehead atoms. The van der Waals surface area contributed by atoms with Crippen LogP contribution in [0.5, 0.6) is 0 Å². The molecule has 0 radical (unpaired) electrons. The highest BCUT2D eigenvalue weighted by Crippen LogP contribution is 2.38. The van der Waals surface area contributed by atoms with Gasteiger partial charge in [0.05, 0.1) is 5.56 Å². The average molecular weight is 257 g/mol. The lowest BCUT2D eigenvalue weighted by molar-refractivity contribution is -0.135. The van der Waals surface area contributed by atoms with E-state index in [1.807, 2.05) is 0 Å². The number of alkyl halides is 3. The van der Waals surface area contributed by atoms with E-state index in [1.165, 1.54) is 24.3 Å². The Kier molecular flexibility index (Phi) is 3.02. The van der Waals surface area contributed by atoms with Gasteiger partial charge in [-0.15, -0.1) is 0 Å². The van der Waals surface area contributed by atoms with E-state index in [4.69, 9.17) is 4.42 Å². The van der Waals surface area contributed by atoms with Gasteiger partial charge in [-0.3, -0.25) is 0 Å². The first-order valence-electron chi connectivity index (χ1n) is 5.32. The number of fused-ring (bicyclic) bond motifs is 1. The molecule has 0 spiro atoms. The van der Waals surface area contributed by atoms with Crippen molar-refractivity contribution in [3.05, 3.63) is 40.2 Å². The van der Waals surface area contributed by atoms with Gasteiger partial charge in [0.1, 0.15) is 11.3 Å². The van der Waals surface area contributed by atoms with E-state index in [1.54, 1.807) is 6.92 Å². The molecule has 0 aliphatic heterocycles. The zero-order valence-electron chi connectivity index (χ0n) is 9.47. The molecule has 1 heterocycles. The highest BCUT2D eigenvalue weighted by molar-refractivity contribution is 5.85. The van der Waals surface area contributed by atoms with Crippen LogP contribution in [0.25, 0.3) is 11.0 Å². The smallest absolute Gasteiger partial charge is 0.419 e. The molecular weight excluding hydrogens is 247 g/mol. The van der Waals surface area contributed by atoms with Crippen LogP contribution in [0.3, 0.4) is 0 Å². The summed E-state index contributed by atoms with van der Waals surface area (Å²) in [5, 5.41) is 2.29. The fourth-order valence-corrected chi connectivity index (χ4v) is 1.78. The number of anilines is 1. The maximum Gasteiger partial charge on any atom is 0.419 e. The van der Waals surface area contributed by atoms with Crippen LogP contribution in [-0.4, -0.2) is 6.54 Å². The topological polar surface area (TPSA) is 42.2 Å². The van der Waals surface area contributed by atoms with Gasteiger partial charge in [0.2, 0.25) is 0 Å². The van der Waals surface area contributed by atoms with E-state index < -0.39 is 23.1 Å². The Balaban J connectivity index is 2.90. The highest BCUT2D eigenvalue weighted by atomic mass is 19.4. The van der Waals surface area contributed by atoms with Gasteiger partial charge in [-0.05, 0) is 13.0 Å². The van der Waals surface area contributed by atoms with Crippen LogP contribution in [0.4, 0.5) is 18.9 Å². The van der Waals surface area contributed by atoms with Crippen molar-refractivity contribution in [2.75, 3.05) is 11.9 Å². The molecule has 1 aromatic carbocycles. The van der Waals surface area contributed by atoms with Gasteiger partial charge in [-0.2, -0.15) is 13.2 Å². The fraction of sp³-hybridized carbons (Fsp3) is 0.250. The number of halogens is 3. The standard InChI is InChI=1S/C12H10F3NO2/c1-2-16-10-9(12(13,14)15)7-5-3-4-6-8(7)18-11(10)17/h3-6,16H,2H2,1H3. The van der Waals surface area contributed by atoms with E-state index in [0.29, 0.717) is 0 Å². The Morgan fingerprint density at radius 1 is 1.28 bits per heavy atom. The number of para-hydroxylation sites is 1. The van der Waals surface area contributed by atoms with Gasteiger partial charge in [-0.1, -0.05) is 18.2 Å². The van der Waals surface area contributed by atoms with E-state index in [9.17, 15) is 18.0 Å². The zero-order chi connectivity index (χ0) is 13.3. The number of hydrogen-bond acceptors (Lipinski definition) is 3. The second kappa shape index (κ2) is 4.36. The predicted octanol–water partition coefficient (Wildman–Crippen LogP) is 3.24. The van der Waals surface area contributed by atoms with Crippen LogP contribution < -0.4 is 10.9 Å². The second-order valence-corrected chi connectivity index (χ2v) is 3.66. The summed E-state index contributed by atoms with van der Waals surface area (Å²) in [5.74, 6) is 0. The maximum absolute atomic E-state index is 13.1. The third-order valence-electron chi connectivity index (χ3n) is 2.45. The van der Waals surface area contributed by atoms with Crippen molar-refractivity contribution in [1.29, 1.82) is 0 Å². The first-order valence-corrected chi connectivity index (χ1v) is 5.32. The van der Waals surface area contributed by atoms with E-state index in [2.05, 4.69) is 5.32 Å². The SMILES string of the molecule is CCNc1c(C(F)(F)F)c2ccccc2oc1=O. The molecule has 3 nitrogen and oxygen atoms in total. The normalized spacial score (nSPS) is 11.8. The molecular formula is C12H10F3NO2. The largest absolute Gasteiger partial charge is 0.421 e. The van der Waals surface area contributed by atoms with Crippen molar-refractivity contribution in [2.45, 2.75) is 13.1 Å². The summed E-state index contributed by atoms with van der Waals surface area (Å²) in [7, 11) is 0. The Bertz CT molecular complexity index is 631. The zero-order valence-corrected chi connectivity index (χ0v) is 9.47. The van der Waals surface area contributed by atoms with Crippen LogP contribution >= 0.6 is 0 Å². The summed E-state index contributed by atoms with van der Waals surface area (Å²) in [6, 6.07) is 5.59. The van der Waals surface area contributed by atoms with Crippen LogP contribution in [-0.2, 0) is 6.18 Å². The molecule has 0 aliphatic carbocycles. The molecule has 18 heavy (non-hydrogen) atoms. The molecule has 2 aromatic rings. The lowest BCUT2D eigenvalue weighted by Crippen LogP contribution is -2.19. The quantitative estimate of drug-likeness (QED) is 0.840. The van der Waals surface area contributed by atoms with Crippen molar-refractivity contribution < 1.29 is 17.6 Å². The summed E-state index contributed by atoms with van der Waals surface area (Å²) in [4.78, 5) is 11.6. The Hall–Kier alpha value is -1.98. The van der Waals surface area contributed by atoms with Gasteiger partial charge in [-0.25, -0.2) is 4.79 Å². The maximum atomic E-state index is 13.1. The minimum absolute atomic E-state index is 0.0727. The molecule has 1 N–H and O–H groups in total. The Labute approximate surface area is 100 Å². The van der Waals surface area contributed by atoms with E-state index in [0.717, 1.165) is 0 Å². The summed E-state index contributed by atoms with van der Waals surface area (Å²) >= 11 is 0. The Morgan fingerprint density at radius 2 is 1.94 bits per heavy atom. The van der Waals surface area contributed by atoms with Crippen LogP contribution in [0.15, 0.2) is 33.5 Å². The van der Waals surface area contributed by atoms with Crippen molar-refractivity contribution in [3.8, 4) is 0 Å². The molecule has 0 aliphatic rings. The molecule has 0 amide bonds. The molecule has 0 saturated heterocycles. The lowest BCUT2D eigenvalue weighted by Gasteiger charge is -2.14. The van der Waals surface area contributed by atoms with Crippen LogP contribution in [0.1, 0.15) is 12.5 Å².